The Morgan fingerprint density at radius 3 is 2.24 bits per heavy atom. The molecule has 154 valence electrons. The van der Waals surface area contributed by atoms with Gasteiger partial charge >= 0.3 is 0 Å². The van der Waals surface area contributed by atoms with Gasteiger partial charge in [0.2, 0.25) is 11.8 Å². The van der Waals surface area contributed by atoms with Gasteiger partial charge in [-0.2, -0.15) is 5.10 Å². The van der Waals surface area contributed by atoms with E-state index in [0.717, 1.165) is 41.2 Å². The van der Waals surface area contributed by atoms with Gasteiger partial charge in [-0.25, -0.2) is 5.43 Å². The Hall–Kier alpha value is -3.15. The maximum atomic E-state index is 12.1. The molecule has 0 spiro atoms. The molecular formula is C23H30N4O2. The fourth-order valence-electron chi connectivity index (χ4n) is 2.99. The second-order valence-corrected chi connectivity index (χ2v) is 6.92. The highest BCUT2D eigenvalue weighted by Gasteiger charge is 2.08. The van der Waals surface area contributed by atoms with Crippen molar-refractivity contribution >= 4 is 29.4 Å². The number of carbonyl (C=O) groups excluding carboxylic acids is 2. The van der Waals surface area contributed by atoms with Gasteiger partial charge in [0.05, 0.1) is 6.21 Å². The van der Waals surface area contributed by atoms with E-state index in [9.17, 15) is 9.59 Å². The third kappa shape index (κ3) is 7.07. The Kier molecular flexibility index (Phi) is 8.40. The molecule has 0 aliphatic heterocycles. The van der Waals surface area contributed by atoms with Crippen LogP contribution in [0, 0.1) is 13.8 Å². The third-order valence-corrected chi connectivity index (χ3v) is 4.66. The Bertz CT molecular complexity index is 856. The van der Waals surface area contributed by atoms with Crippen LogP contribution in [0.25, 0.3) is 0 Å². The number of amides is 2. The first-order valence-corrected chi connectivity index (χ1v) is 9.97. The number of aryl methyl sites for hydroxylation is 2. The molecule has 2 rings (SSSR count). The van der Waals surface area contributed by atoms with Gasteiger partial charge in [0, 0.05) is 37.3 Å². The van der Waals surface area contributed by atoms with Gasteiger partial charge in [-0.1, -0.05) is 29.8 Å². The van der Waals surface area contributed by atoms with Crippen LogP contribution < -0.4 is 15.6 Å². The maximum Gasteiger partial charge on any atom is 0.240 e. The highest BCUT2D eigenvalue weighted by Crippen LogP contribution is 2.16. The van der Waals surface area contributed by atoms with Crippen molar-refractivity contribution in [2.24, 2.45) is 5.10 Å². The number of hydrazone groups is 1. The van der Waals surface area contributed by atoms with Crippen molar-refractivity contribution in [1.29, 1.82) is 0 Å². The number of benzene rings is 2. The van der Waals surface area contributed by atoms with E-state index in [1.807, 2.05) is 56.3 Å². The van der Waals surface area contributed by atoms with Gasteiger partial charge in [-0.05, 0) is 57.0 Å². The van der Waals surface area contributed by atoms with Crippen LogP contribution in [0.5, 0.6) is 0 Å². The molecule has 6 heteroatoms. The second kappa shape index (κ2) is 11.0. The molecule has 0 aliphatic rings. The Balaban J connectivity index is 1.77. The average Bonchev–Trinajstić information content (AvgIpc) is 2.70. The van der Waals surface area contributed by atoms with Crippen LogP contribution in [0.4, 0.5) is 11.4 Å². The predicted octanol–water partition coefficient (Wildman–Crippen LogP) is 4.02. The molecule has 0 fully saturated rings. The normalized spacial score (nSPS) is 10.8. The summed E-state index contributed by atoms with van der Waals surface area (Å²) in [6, 6.07) is 13.8. The minimum atomic E-state index is -0.295. The molecule has 0 aliphatic carbocycles. The quantitative estimate of drug-likeness (QED) is 0.498. The average molecular weight is 395 g/mol. The summed E-state index contributed by atoms with van der Waals surface area (Å²) in [6.07, 6.45) is 1.78. The summed E-state index contributed by atoms with van der Waals surface area (Å²) in [5.41, 5.74) is 7.43. The van der Waals surface area contributed by atoms with Crippen LogP contribution in [0.1, 0.15) is 43.4 Å². The lowest BCUT2D eigenvalue weighted by Crippen LogP contribution is -2.21. The number of nitrogens with zero attached hydrogens (tertiary/aromatic N) is 2. The molecule has 2 aromatic rings. The number of carbonyl (C=O) groups is 2. The topological polar surface area (TPSA) is 73.8 Å². The summed E-state index contributed by atoms with van der Waals surface area (Å²) >= 11 is 0. The maximum absolute atomic E-state index is 12.1. The van der Waals surface area contributed by atoms with Crippen LogP contribution >= 0.6 is 0 Å². The molecule has 29 heavy (non-hydrogen) atoms. The highest BCUT2D eigenvalue weighted by atomic mass is 16.2. The van der Waals surface area contributed by atoms with Crippen molar-refractivity contribution in [3.8, 4) is 0 Å². The largest absolute Gasteiger partial charge is 0.372 e. The third-order valence-electron chi connectivity index (χ3n) is 4.66. The summed E-state index contributed by atoms with van der Waals surface area (Å²) in [7, 11) is 0. The standard InChI is InChI=1S/C23H30N4O2/c1-5-27(6-2)20-10-8-19(9-11-20)16-24-26-23(29)14-13-22(28)25-21-12-7-17(3)15-18(21)4/h7-12,15-16H,5-6,13-14H2,1-4H3,(H,25,28)(H,26,29)/b24-16+. The van der Waals surface area contributed by atoms with E-state index in [1.165, 1.54) is 0 Å². The zero-order valence-electron chi connectivity index (χ0n) is 17.7. The molecule has 0 unspecified atom stereocenters. The van der Waals surface area contributed by atoms with Crippen LogP contribution in [0.2, 0.25) is 0 Å². The fourth-order valence-corrected chi connectivity index (χ4v) is 2.99. The smallest absolute Gasteiger partial charge is 0.240 e. The summed E-state index contributed by atoms with van der Waals surface area (Å²) in [6.45, 7) is 10.1. The van der Waals surface area contributed by atoms with Crippen LogP contribution in [0.3, 0.4) is 0 Å². The minimum Gasteiger partial charge on any atom is -0.372 e. The Labute approximate surface area is 173 Å². The monoisotopic (exact) mass is 394 g/mol. The van der Waals surface area contributed by atoms with Crippen molar-refractivity contribution in [2.45, 2.75) is 40.5 Å². The number of hydrogen-bond donors (Lipinski definition) is 2. The fraction of sp³-hybridized carbons (Fsp3) is 0.348. The van der Waals surface area contributed by atoms with E-state index in [0.29, 0.717) is 0 Å². The van der Waals surface area contributed by atoms with Crippen molar-refractivity contribution in [3.63, 3.8) is 0 Å². The van der Waals surface area contributed by atoms with E-state index >= 15 is 0 Å². The Morgan fingerprint density at radius 2 is 1.62 bits per heavy atom. The number of anilines is 2. The summed E-state index contributed by atoms with van der Waals surface area (Å²) < 4.78 is 0. The Morgan fingerprint density at radius 1 is 0.966 bits per heavy atom. The summed E-state index contributed by atoms with van der Waals surface area (Å²) in [5.74, 6) is -0.486. The lowest BCUT2D eigenvalue weighted by molar-refractivity contribution is -0.124. The molecule has 0 saturated carbocycles. The lowest BCUT2D eigenvalue weighted by atomic mass is 10.1. The van der Waals surface area contributed by atoms with Crippen molar-refractivity contribution in [1.82, 2.24) is 5.43 Å². The number of hydrogen-bond acceptors (Lipinski definition) is 4. The van der Waals surface area contributed by atoms with E-state index in [4.69, 9.17) is 0 Å². The van der Waals surface area contributed by atoms with Gasteiger partial charge in [0.15, 0.2) is 0 Å². The molecule has 0 aromatic heterocycles. The minimum absolute atomic E-state index is 0.0784. The van der Waals surface area contributed by atoms with E-state index in [1.54, 1.807) is 6.21 Å². The molecule has 0 bridgehead atoms. The van der Waals surface area contributed by atoms with Gasteiger partial charge in [0.25, 0.3) is 0 Å². The molecule has 0 atom stereocenters. The zero-order chi connectivity index (χ0) is 21.2. The van der Waals surface area contributed by atoms with Crippen LogP contribution in [-0.4, -0.2) is 31.1 Å². The molecular weight excluding hydrogens is 364 g/mol. The predicted molar refractivity (Wildman–Crippen MR) is 120 cm³/mol. The summed E-state index contributed by atoms with van der Waals surface area (Å²) in [5, 5.41) is 6.81. The lowest BCUT2D eigenvalue weighted by Gasteiger charge is -2.20. The van der Waals surface area contributed by atoms with E-state index in [-0.39, 0.29) is 24.7 Å². The molecule has 6 nitrogen and oxygen atoms in total. The van der Waals surface area contributed by atoms with Gasteiger partial charge in [-0.15, -0.1) is 0 Å². The van der Waals surface area contributed by atoms with Gasteiger partial charge in [-0.3, -0.25) is 9.59 Å². The van der Waals surface area contributed by atoms with Gasteiger partial charge < -0.3 is 10.2 Å². The first kappa shape index (κ1) is 22.1. The molecule has 2 N–H and O–H groups in total. The van der Waals surface area contributed by atoms with E-state index in [2.05, 4.69) is 34.6 Å². The van der Waals surface area contributed by atoms with Crippen LogP contribution in [0.15, 0.2) is 47.6 Å². The van der Waals surface area contributed by atoms with Crippen LogP contribution in [-0.2, 0) is 9.59 Å². The van der Waals surface area contributed by atoms with Crippen molar-refractivity contribution < 1.29 is 9.59 Å². The first-order chi connectivity index (χ1) is 13.9. The SMILES string of the molecule is CCN(CC)c1ccc(/C=N/NC(=O)CCC(=O)Nc2ccc(C)cc2C)cc1. The zero-order valence-corrected chi connectivity index (χ0v) is 17.7. The first-order valence-electron chi connectivity index (χ1n) is 9.97. The van der Waals surface area contributed by atoms with E-state index < -0.39 is 0 Å². The second-order valence-electron chi connectivity index (χ2n) is 6.92. The highest BCUT2D eigenvalue weighted by molar-refractivity contribution is 5.94. The molecule has 2 amide bonds. The number of rotatable bonds is 9. The van der Waals surface area contributed by atoms with Crippen molar-refractivity contribution in [3.05, 3.63) is 59.2 Å². The molecule has 0 saturated heterocycles. The summed E-state index contributed by atoms with van der Waals surface area (Å²) in [4.78, 5) is 26.2. The van der Waals surface area contributed by atoms with Gasteiger partial charge in [0.1, 0.15) is 0 Å². The number of nitrogens with one attached hydrogen (secondary N) is 2. The molecule has 0 radical (unpaired) electrons. The molecule has 0 heterocycles. The molecule has 2 aromatic carbocycles. The van der Waals surface area contributed by atoms with Crippen molar-refractivity contribution in [2.75, 3.05) is 23.3 Å².